The number of amidine groups is 2. The molecule has 0 saturated carbocycles. The molecule has 7 aromatic heterocycles. The molecule has 4 aromatic carbocycles. The summed E-state index contributed by atoms with van der Waals surface area (Å²) in [5, 5.41) is 56.5. The van der Waals surface area contributed by atoms with Crippen LogP contribution in [0.1, 0.15) is 96.8 Å². The molecule has 2 fully saturated rings. The number of hydrogen-bond donors (Lipinski definition) is 7. The number of fused-ring (bicyclic) bond motifs is 3. The predicted molar refractivity (Wildman–Crippen MR) is 362 cm³/mol. The number of benzene rings is 4. The second kappa shape index (κ2) is 27.6. The molecule has 11 aromatic rings. The molecule has 0 unspecified atom stereocenters. The van der Waals surface area contributed by atoms with Crippen molar-refractivity contribution in [3.63, 3.8) is 0 Å². The molecule has 3 aliphatic heterocycles. The number of piperidine rings is 2. The van der Waals surface area contributed by atoms with Crippen molar-refractivity contribution >= 4 is 125 Å². The van der Waals surface area contributed by atoms with Gasteiger partial charge in [-0.05, 0) is 153 Å². The van der Waals surface area contributed by atoms with Crippen molar-refractivity contribution in [3.05, 3.63) is 243 Å². The molecule has 14 rings (SSSR count). The van der Waals surface area contributed by atoms with E-state index in [-0.39, 0.29) is 23.0 Å². The number of H-pyrrole nitrogens is 3. The quantitative estimate of drug-likeness (QED) is 0.0246. The number of aromatic amines is 3. The minimum atomic E-state index is -0.340. The summed E-state index contributed by atoms with van der Waals surface area (Å²) >= 11 is 6.55. The van der Waals surface area contributed by atoms with Gasteiger partial charge in [0.05, 0.1) is 26.1 Å². The maximum Gasteiger partial charge on any atom is 0.270 e. The van der Waals surface area contributed by atoms with Crippen LogP contribution >= 0.6 is 57.8 Å². The molecule has 10 heterocycles. The molecule has 0 radical (unpaired) electrons. The number of non-ortho nitro benzene ring substituents is 1. The number of thiophene rings is 4. The molecule has 0 atom stereocenters. The summed E-state index contributed by atoms with van der Waals surface area (Å²) in [4.78, 5) is 31.9. The van der Waals surface area contributed by atoms with Gasteiger partial charge in [-0.25, -0.2) is 0 Å². The highest BCUT2D eigenvalue weighted by atomic mass is 35.5. The van der Waals surface area contributed by atoms with Gasteiger partial charge >= 0.3 is 0 Å². The summed E-state index contributed by atoms with van der Waals surface area (Å²) in [6.45, 7) is 6.54. The molecule has 0 amide bonds. The molecule has 2 saturated heterocycles. The average molecular weight is 1240 g/mol. The van der Waals surface area contributed by atoms with Gasteiger partial charge in [0.15, 0.2) is 0 Å². The minimum absolute atomic E-state index is 0. The third kappa shape index (κ3) is 13.8. The average Bonchev–Trinajstić information content (AvgIpc) is 3.91. The summed E-state index contributed by atoms with van der Waals surface area (Å²) in [6.07, 6.45) is 15.1. The van der Waals surface area contributed by atoms with Crippen LogP contribution in [-0.4, -0.2) is 96.9 Å². The van der Waals surface area contributed by atoms with Crippen LogP contribution in [0.2, 0.25) is 0 Å². The lowest BCUT2D eigenvalue weighted by Crippen LogP contribution is -2.37. The van der Waals surface area contributed by atoms with E-state index in [4.69, 9.17) is 21.6 Å². The van der Waals surface area contributed by atoms with Crippen LogP contribution in [0.15, 0.2) is 180 Å². The highest BCUT2D eigenvalue weighted by Gasteiger charge is 2.27. The van der Waals surface area contributed by atoms with Gasteiger partial charge in [-0.1, -0.05) is 72.8 Å². The number of halogens is 1. The summed E-state index contributed by atoms with van der Waals surface area (Å²) < 4.78 is 0. The summed E-state index contributed by atoms with van der Waals surface area (Å²) in [5.74, 6) is 2.35. The molecule has 0 bridgehead atoms. The lowest BCUT2D eigenvalue weighted by atomic mass is 9.88. The normalized spacial score (nSPS) is 14.9. The first-order valence-electron chi connectivity index (χ1n) is 29.0. The van der Waals surface area contributed by atoms with Gasteiger partial charge in [-0.15, -0.1) is 57.8 Å². The van der Waals surface area contributed by atoms with Gasteiger partial charge < -0.3 is 35.6 Å². The number of nitrogens with one attached hydrogen (secondary N) is 7. The molecule has 13 nitrogen and oxygen atoms in total. The highest BCUT2D eigenvalue weighted by Crippen LogP contribution is 2.37. The van der Waals surface area contributed by atoms with E-state index >= 15 is 0 Å². The van der Waals surface area contributed by atoms with E-state index in [0.717, 1.165) is 114 Å². The van der Waals surface area contributed by atoms with Gasteiger partial charge in [0, 0.05) is 137 Å². The number of aromatic nitrogens is 3. The number of nitro benzene ring substituents is 1. The van der Waals surface area contributed by atoms with Crippen LogP contribution in [0.3, 0.4) is 0 Å². The molecular formula is C68H68ClN11O2S4. The van der Waals surface area contributed by atoms with Crippen molar-refractivity contribution in [2.75, 3.05) is 39.3 Å². The van der Waals surface area contributed by atoms with Crippen LogP contribution in [0, 0.1) is 31.8 Å². The summed E-state index contributed by atoms with van der Waals surface area (Å²) in [5.41, 5.74) is 13.6. The first kappa shape index (κ1) is 59.7. The third-order valence-electron chi connectivity index (χ3n) is 16.7. The van der Waals surface area contributed by atoms with Gasteiger partial charge in [-0.3, -0.25) is 25.8 Å². The van der Waals surface area contributed by atoms with E-state index in [1.165, 1.54) is 55.2 Å². The predicted octanol–water partition coefficient (Wildman–Crippen LogP) is 17.0. The Bertz CT molecular complexity index is 3940. The van der Waals surface area contributed by atoms with E-state index in [1.54, 1.807) is 63.5 Å². The van der Waals surface area contributed by atoms with Crippen LogP contribution in [0.25, 0.3) is 38.3 Å². The number of nitro groups is 1. The Morgan fingerprint density at radius 3 is 1.44 bits per heavy atom. The molecule has 438 valence electrons. The van der Waals surface area contributed by atoms with Crippen molar-refractivity contribution in [2.24, 2.45) is 0 Å². The van der Waals surface area contributed by atoms with E-state index < -0.39 is 0 Å². The van der Waals surface area contributed by atoms with Crippen LogP contribution in [-0.2, 0) is 19.4 Å². The molecule has 0 spiro atoms. The van der Waals surface area contributed by atoms with Crippen molar-refractivity contribution in [3.8, 4) is 0 Å². The first-order valence-corrected chi connectivity index (χ1v) is 32.5. The Morgan fingerprint density at radius 1 is 0.523 bits per heavy atom. The van der Waals surface area contributed by atoms with Crippen LogP contribution < -0.4 is 0 Å². The number of rotatable bonds is 14. The van der Waals surface area contributed by atoms with E-state index in [1.807, 2.05) is 82.3 Å². The van der Waals surface area contributed by atoms with Crippen LogP contribution in [0.4, 0.5) is 5.69 Å². The number of nitrogens with zero attached hydrogens (tertiary/aromatic N) is 4. The van der Waals surface area contributed by atoms with E-state index in [2.05, 4.69) is 109 Å². The Morgan fingerprint density at radius 2 is 0.988 bits per heavy atom. The van der Waals surface area contributed by atoms with Gasteiger partial charge in [0.1, 0.15) is 11.7 Å². The number of likely N-dealkylation sites (tertiary alicyclic amines) is 2. The molecule has 0 aliphatic carbocycles. The Kier molecular flexibility index (Phi) is 19.1. The minimum Gasteiger partial charge on any atom is -0.361 e. The van der Waals surface area contributed by atoms with Crippen LogP contribution in [0.5, 0.6) is 0 Å². The van der Waals surface area contributed by atoms with Gasteiger partial charge in [-0.2, -0.15) is 0 Å². The van der Waals surface area contributed by atoms with Crippen molar-refractivity contribution in [1.29, 1.82) is 21.6 Å². The topological polar surface area (TPSA) is 196 Å². The Hall–Kier alpha value is -8.03. The molecule has 86 heavy (non-hydrogen) atoms. The SMILES string of the molecule is Cl.N=C(Cc1ccc2[nH]cc(C3CCN(C(=N)c4cccs4)CC3)c2c1)c1cccs1.N=C(Cc1ccc2[nH]cc(C3CCN(C(=N)c4cccs4)CC3)c2c1)c1cccs1.O=[N+]([O-])c1ccc2[nH]cc(C3=CCN(Cc4ccccc4)CC3)c2c1. The molecular weight excluding hydrogens is 1170 g/mol. The maximum absolute atomic E-state index is 11.0. The Labute approximate surface area is 522 Å². The monoisotopic (exact) mass is 1230 g/mol. The van der Waals surface area contributed by atoms with Crippen molar-refractivity contribution < 1.29 is 4.92 Å². The zero-order valence-electron chi connectivity index (χ0n) is 47.5. The standard InChI is InChI=1S/2C24H24N4S2.C20H19N3O2.ClH/c2*25-20(22-3-1-11-29-22)14-16-5-6-21-18(13-16)19(15-27-21)17-7-9-28(10-8-17)24(26)23-4-2-12-30-23;24-23(25)17-6-7-20-18(12-17)19(13-21-20)16-8-10-22(11-9-16)14-15-4-2-1-3-5-15;/h2*1-6,11-13,15,17,25-27H,7-10,14H2;1-8,12-13,21H,9-11,14H2;1H. The summed E-state index contributed by atoms with van der Waals surface area (Å²) in [7, 11) is 0. The fourth-order valence-corrected chi connectivity index (χ4v) is 14.9. The molecule has 3 aliphatic rings. The lowest BCUT2D eigenvalue weighted by molar-refractivity contribution is -0.384. The van der Waals surface area contributed by atoms with E-state index in [0.29, 0.717) is 47.8 Å². The Balaban J connectivity index is 0.000000134. The fraction of sp³-hybridized carbons (Fsp3) is 0.235. The van der Waals surface area contributed by atoms with Gasteiger partial charge in [0.2, 0.25) is 0 Å². The van der Waals surface area contributed by atoms with Gasteiger partial charge in [0.25, 0.3) is 5.69 Å². The zero-order chi connectivity index (χ0) is 58.2. The number of hydrogen-bond acceptors (Lipinski definition) is 11. The summed E-state index contributed by atoms with van der Waals surface area (Å²) in [6, 6.07) is 44.7. The molecule has 18 heteroatoms. The lowest BCUT2D eigenvalue weighted by Gasteiger charge is -2.33. The first-order chi connectivity index (χ1) is 41.6. The maximum atomic E-state index is 11.0. The third-order valence-corrected chi connectivity index (χ3v) is 20.3. The smallest absolute Gasteiger partial charge is 0.270 e. The largest absolute Gasteiger partial charge is 0.361 e. The fourth-order valence-electron chi connectivity index (χ4n) is 12.2. The van der Waals surface area contributed by atoms with Crippen molar-refractivity contribution in [2.45, 2.75) is 63.3 Å². The second-order valence-corrected chi connectivity index (χ2v) is 25.9. The highest BCUT2D eigenvalue weighted by molar-refractivity contribution is 7.13. The molecule has 7 N–H and O–H groups in total. The van der Waals surface area contributed by atoms with E-state index in [9.17, 15) is 10.1 Å². The zero-order valence-corrected chi connectivity index (χ0v) is 51.6. The van der Waals surface area contributed by atoms with Crippen molar-refractivity contribution in [1.82, 2.24) is 29.7 Å². The second-order valence-electron chi connectivity index (χ2n) is 22.1.